The quantitative estimate of drug-likeness (QED) is 0.334. The Morgan fingerprint density at radius 1 is 1.90 bits per heavy atom. The third-order valence-corrected chi connectivity index (χ3v) is 1.22. The molecule has 0 aromatic heterocycles. The molecule has 0 heterocycles. The van der Waals surface area contributed by atoms with Crippen molar-refractivity contribution in [1.29, 1.82) is 5.26 Å². The first-order valence-corrected chi connectivity index (χ1v) is 3.00. The maximum Gasteiger partial charge on any atom is 0.128 e. The zero-order valence-electron chi connectivity index (χ0n) is 6.33. The number of hydrazone groups is 1. The van der Waals surface area contributed by atoms with Gasteiger partial charge in [0, 0.05) is 12.4 Å². The van der Waals surface area contributed by atoms with E-state index in [9.17, 15) is 0 Å². The van der Waals surface area contributed by atoms with Crippen molar-refractivity contribution in [3.05, 3.63) is 11.8 Å². The van der Waals surface area contributed by atoms with E-state index < -0.39 is 0 Å². The predicted octanol–water partition coefficient (Wildman–Crippen LogP) is 1.35. The van der Waals surface area contributed by atoms with Gasteiger partial charge < -0.3 is 0 Å². The van der Waals surface area contributed by atoms with Crippen molar-refractivity contribution in [2.45, 2.75) is 13.8 Å². The molecule has 0 aromatic carbocycles. The maximum absolute atomic E-state index is 8.31. The molecular weight excluding hydrogens is 126 g/mol. The molecule has 0 spiro atoms. The van der Waals surface area contributed by atoms with E-state index in [1.807, 2.05) is 26.0 Å². The molecule has 0 bridgehead atoms. The summed E-state index contributed by atoms with van der Waals surface area (Å²) < 4.78 is 0. The van der Waals surface area contributed by atoms with E-state index in [1.165, 1.54) is 0 Å². The average Bonchev–Trinajstić information content (AvgIpc) is 1.99. The molecule has 0 aliphatic carbocycles. The van der Waals surface area contributed by atoms with Crippen molar-refractivity contribution in [3.63, 3.8) is 0 Å². The summed E-state index contributed by atoms with van der Waals surface area (Å²) in [6, 6.07) is 1.99. The summed E-state index contributed by atoms with van der Waals surface area (Å²) in [5, 5.41) is 13.5. The largest absolute Gasteiger partial charge is 0.257 e. The number of nitriles is 1. The van der Waals surface area contributed by atoms with Crippen LogP contribution in [0.1, 0.15) is 13.8 Å². The molecule has 0 aromatic rings. The highest BCUT2D eigenvalue weighted by Crippen LogP contribution is 2.00. The van der Waals surface area contributed by atoms with Crippen LogP contribution in [-0.4, -0.2) is 18.3 Å². The zero-order valence-corrected chi connectivity index (χ0v) is 6.33. The van der Waals surface area contributed by atoms with Gasteiger partial charge in [-0.15, -0.1) is 0 Å². The first-order valence-electron chi connectivity index (χ1n) is 3.00. The molecule has 0 N–H and O–H groups in total. The lowest BCUT2D eigenvalue weighted by molar-refractivity contribution is 0.412. The van der Waals surface area contributed by atoms with E-state index in [2.05, 4.69) is 11.8 Å². The Kier molecular flexibility index (Phi) is 3.97. The van der Waals surface area contributed by atoms with E-state index in [0.717, 1.165) is 5.70 Å². The summed E-state index contributed by atoms with van der Waals surface area (Å²) in [7, 11) is 0. The fraction of sp³-hybridized carbons (Fsp3) is 0.429. The molecule has 0 aliphatic heterocycles. The third kappa shape index (κ3) is 2.31. The van der Waals surface area contributed by atoms with Gasteiger partial charge in [-0.25, -0.2) is 0 Å². The van der Waals surface area contributed by atoms with Crippen molar-refractivity contribution >= 4 is 6.72 Å². The fourth-order valence-corrected chi connectivity index (χ4v) is 0.502. The second kappa shape index (κ2) is 4.57. The van der Waals surface area contributed by atoms with Gasteiger partial charge >= 0.3 is 0 Å². The van der Waals surface area contributed by atoms with Crippen LogP contribution in [-0.2, 0) is 0 Å². The SMILES string of the molecule is C=NN(CC#N)/C(C)=C\C. The molecule has 10 heavy (non-hydrogen) atoms. The van der Waals surface area contributed by atoms with Crippen LogP contribution in [0, 0.1) is 11.3 Å². The predicted molar refractivity (Wildman–Crippen MR) is 41.3 cm³/mol. The Labute approximate surface area is 61.3 Å². The smallest absolute Gasteiger partial charge is 0.128 e. The van der Waals surface area contributed by atoms with Crippen molar-refractivity contribution in [3.8, 4) is 6.07 Å². The van der Waals surface area contributed by atoms with Crippen LogP contribution < -0.4 is 0 Å². The number of nitrogens with zero attached hydrogens (tertiary/aromatic N) is 3. The first kappa shape index (κ1) is 8.70. The van der Waals surface area contributed by atoms with E-state index in [0.29, 0.717) is 0 Å². The van der Waals surface area contributed by atoms with Gasteiger partial charge in [0.15, 0.2) is 0 Å². The summed E-state index contributed by atoms with van der Waals surface area (Å²) in [6.07, 6.45) is 1.88. The topological polar surface area (TPSA) is 39.4 Å². The average molecular weight is 137 g/mol. The standard InChI is InChI=1S/C7H11N3/c1-4-7(2)10(9-3)6-5-8/h4H,3,6H2,1-2H3/b7-4-. The lowest BCUT2D eigenvalue weighted by atomic mass is 10.4. The summed E-state index contributed by atoms with van der Waals surface area (Å²) in [5.74, 6) is 0. The number of hydrogen-bond acceptors (Lipinski definition) is 3. The number of rotatable bonds is 3. The summed E-state index contributed by atoms with van der Waals surface area (Å²) in [6.45, 7) is 7.37. The van der Waals surface area contributed by atoms with Gasteiger partial charge in [-0.05, 0) is 13.8 Å². The van der Waals surface area contributed by atoms with Gasteiger partial charge in [0.05, 0.1) is 6.07 Å². The van der Waals surface area contributed by atoms with Crippen molar-refractivity contribution in [2.24, 2.45) is 5.10 Å². The lowest BCUT2D eigenvalue weighted by Gasteiger charge is -2.13. The number of hydrogen-bond donors (Lipinski definition) is 0. The highest BCUT2D eigenvalue weighted by Gasteiger charge is 1.97. The molecule has 54 valence electrons. The Bertz CT molecular complexity index is 176. The van der Waals surface area contributed by atoms with E-state index in [1.54, 1.807) is 5.01 Å². The minimum atomic E-state index is 0.264. The minimum absolute atomic E-state index is 0.264. The van der Waals surface area contributed by atoms with Gasteiger partial charge in [-0.3, -0.25) is 5.01 Å². The second-order valence-electron chi connectivity index (χ2n) is 1.79. The van der Waals surface area contributed by atoms with Gasteiger partial charge in [0.2, 0.25) is 0 Å². The molecule has 3 heteroatoms. The summed E-state index contributed by atoms with van der Waals surface area (Å²) in [5.41, 5.74) is 0.941. The maximum atomic E-state index is 8.31. The Morgan fingerprint density at radius 3 is 2.80 bits per heavy atom. The van der Waals surface area contributed by atoms with Gasteiger partial charge in [-0.1, -0.05) is 6.08 Å². The van der Waals surface area contributed by atoms with Gasteiger partial charge in [-0.2, -0.15) is 10.4 Å². The van der Waals surface area contributed by atoms with Crippen LogP contribution >= 0.6 is 0 Å². The molecule has 0 aliphatic rings. The van der Waals surface area contributed by atoms with Crippen molar-refractivity contribution in [1.82, 2.24) is 5.01 Å². The van der Waals surface area contributed by atoms with Gasteiger partial charge in [0.25, 0.3) is 0 Å². The van der Waals surface area contributed by atoms with Crippen LogP contribution in [0.5, 0.6) is 0 Å². The second-order valence-corrected chi connectivity index (χ2v) is 1.79. The van der Waals surface area contributed by atoms with Crippen molar-refractivity contribution < 1.29 is 0 Å². The molecule has 0 saturated carbocycles. The molecule has 0 saturated heterocycles. The highest BCUT2D eigenvalue weighted by molar-refractivity contribution is 5.23. The number of allylic oxidation sites excluding steroid dienone is 2. The van der Waals surface area contributed by atoms with E-state index in [4.69, 9.17) is 5.26 Å². The van der Waals surface area contributed by atoms with Gasteiger partial charge in [0.1, 0.15) is 6.54 Å². The van der Waals surface area contributed by atoms with Crippen molar-refractivity contribution in [2.75, 3.05) is 6.54 Å². The molecule has 0 unspecified atom stereocenters. The normalized spacial score (nSPS) is 10.3. The monoisotopic (exact) mass is 137 g/mol. The van der Waals surface area contributed by atoms with E-state index >= 15 is 0 Å². The molecule has 0 radical (unpaired) electrons. The molecule has 3 nitrogen and oxygen atoms in total. The van der Waals surface area contributed by atoms with Crippen LogP contribution in [0.3, 0.4) is 0 Å². The van der Waals surface area contributed by atoms with Crippen LogP contribution in [0.25, 0.3) is 0 Å². The molecular formula is C7H11N3. The van der Waals surface area contributed by atoms with Crippen LogP contribution in [0.15, 0.2) is 16.9 Å². The molecule has 0 fully saturated rings. The Balaban J connectivity index is 4.09. The lowest BCUT2D eigenvalue weighted by Crippen LogP contribution is -2.14. The molecule has 0 rings (SSSR count). The fourth-order valence-electron chi connectivity index (χ4n) is 0.502. The zero-order chi connectivity index (χ0) is 7.98. The van der Waals surface area contributed by atoms with Crippen LogP contribution in [0.4, 0.5) is 0 Å². The minimum Gasteiger partial charge on any atom is -0.257 e. The summed E-state index contributed by atoms with van der Waals surface area (Å²) >= 11 is 0. The van der Waals surface area contributed by atoms with E-state index in [-0.39, 0.29) is 6.54 Å². The Hall–Kier alpha value is -1.30. The molecule has 0 amide bonds. The first-order chi connectivity index (χ1) is 4.76. The molecule has 0 atom stereocenters. The summed E-state index contributed by atoms with van der Waals surface area (Å²) in [4.78, 5) is 0. The highest BCUT2D eigenvalue weighted by atomic mass is 15.4. The Morgan fingerprint density at radius 2 is 2.50 bits per heavy atom. The van der Waals surface area contributed by atoms with Crippen LogP contribution in [0.2, 0.25) is 0 Å². The third-order valence-electron chi connectivity index (χ3n) is 1.22.